The molecule has 4 aromatic carbocycles. The van der Waals surface area contributed by atoms with Gasteiger partial charge in [0.05, 0.1) is 11.1 Å². The Balaban J connectivity index is 1.67. The molecular weight excluding hydrogens is 556 g/mol. The third kappa shape index (κ3) is 4.97. The molecule has 0 radical (unpaired) electrons. The molecule has 1 unspecified atom stereocenters. The lowest BCUT2D eigenvalue weighted by atomic mass is 9.64. The number of rotatable bonds is 3. The Labute approximate surface area is 268 Å². The summed E-state index contributed by atoms with van der Waals surface area (Å²) in [6.45, 7) is 20.2. The predicted molar refractivity (Wildman–Crippen MR) is 185 cm³/mol. The van der Waals surface area contributed by atoms with E-state index < -0.39 is 5.60 Å². The van der Waals surface area contributed by atoms with Gasteiger partial charge in [0.25, 0.3) is 0 Å². The van der Waals surface area contributed by atoms with E-state index in [1.807, 2.05) is 44.4 Å². The van der Waals surface area contributed by atoms with Gasteiger partial charge < -0.3 is 19.7 Å². The van der Waals surface area contributed by atoms with Crippen LogP contribution < -0.4 is 15.0 Å². The molecule has 6 rings (SSSR count). The van der Waals surface area contributed by atoms with Crippen LogP contribution in [0.2, 0.25) is 0 Å². The van der Waals surface area contributed by atoms with Crippen molar-refractivity contribution in [3.05, 3.63) is 112 Å². The number of ether oxygens (including phenoxy) is 2. The summed E-state index contributed by atoms with van der Waals surface area (Å²) < 4.78 is 13.8. The maximum Gasteiger partial charge on any atom is 0.340 e. The highest BCUT2D eigenvalue weighted by Gasteiger charge is 2.57. The van der Waals surface area contributed by atoms with Crippen molar-refractivity contribution in [3.8, 4) is 11.5 Å². The van der Waals surface area contributed by atoms with Gasteiger partial charge in [-0.1, -0.05) is 86.6 Å². The number of benzene rings is 4. The fourth-order valence-electron chi connectivity index (χ4n) is 6.87. The molecule has 234 valence electrons. The Morgan fingerprint density at radius 3 is 1.91 bits per heavy atom. The van der Waals surface area contributed by atoms with Gasteiger partial charge in [0.2, 0.25) is 0 Å². The van der Waals surface area contributed by atoms with Gasteiger partial charge in [0.1, 0.15) is 11.5 Å². The van der Waals surface area contributed by atoms with E-state index >= 15 is 0 Å². The minimum atomic E-state index is -1.16. The molecule has 2 aliphatic heterocycles. The molecule has 5 heteroatoms. The highest BCUT2D eigenvalue weighted by atomic mass is 16.6. The fraction of sp³-hybridized carbons (Fsp3) is 0.375. The smallest absolute Gasteiger partial charge is 0.340 e. The molecule has 0 aromatic heterocycles. The molecule has 2 heterocycles. The maximum atomic E-state index is 13.8. The van der Waals surface area contributed by atoms with Crippen LogP contribution in [0.25, 0.3) is 0 Å². The Morgan fingerprint density at radius 1 is 0.689 bits per heavy atom. The first-order chi connectivity index (χ1) is 20.9. The van der Waals surface area contributed by atoms with Gasteiger partial charge in [0.15, 0.2) is 5.60 Å². The minimum Gasteiger partial charge on any atom is -0.456 e. The van der Waals surface area contributed by atoms with Crippen molar-refractivity contribution in [2.75, 3.05) is 24.3 Å². The summed E-state index contributed by atoms with van der Waals surface area (Å²) in [5.41, 5.74) is 7.88. The van der Waals surface area contributed by atoms with E-state index in [1.165, 1.54) is 5.56 Å². The van der Waals surface area contributed by atoms with Crippen LogP contribution in [-0.4, -0.2) is 20.1 Å². The normalized spacial score (nSPS) is 17.3. The quantitative estimate of drug-likeness (QED) is 0.237. The molecule has 0 amide bonds. The molecule has 0 bridgehead atoms. The molecule has 2 aliphatic rings. The molecule has 0 saturated heterocycles. The van der Waals surface area contributed by atoms with Crippen LogP contribution in [0.1, 0.15) is 106 Å². The summed E-state index contributed by atoms with van der Waals surface area (Å²) in [5.74, 6) is 1.15. The van der Waals surface area contributed by atoms with Gasteiger partial charge in [-0.2, -0.15) is 0 Å². The minimum absolute atomic E-state index is 0.169. The van der Waals surface area contributed by atoms with Gasteiger partial charge >= 0.3 is 5.97 Å². The number of fused-ring (bicyclic) bond motifs is 6. The van der Waals surface area contributed by atoms with Crippen LogP contribution in [0.3, 0.4) is 0 Å². The standard InChI is InChI=1S/C40H46N2O3/c1-37(2,3)30-23-31(38(4,5)6)35-34(33(30)39(7,8)9)40(28-15-13-12-14-27(28)36(43)45-40)29-21-18-25(22-32(29)44-35)41-24-16-19-26(20-17-24)42(10)11/h12-23,41H,1-11H3. The highest BCUT2D eigenvalue weighted by Crippen LogP contribution is 2.61. The van der Waals surface area contributed by atoms with E-state index in [9.17, 15) is 4.79 Å². The second kappa shape index (κ2) is 10.1. The first kappa shape index (κ1) is 30.8. The molecular formula is C40H46N2O3. The second-order valence-electron chi connectivity index (χ2n) is 15.8. The van der Waals surface area contributed by atoms with Crippen LogP contribution >= 0.6 is 0 Å². The molecule has 0 aliphatic carbocycles. The third-order valence-corrected chi connectivity index (χ3v) is 9.02. The molecule has 1 atom stereocenters. The van der Waals surface area contributed by atoms with E-state index in [0.717, 1.165) is 50.6 Å². The first-order valence-corrected chi connectivity index (χ1v) is 15.9. The van der Waals surface area contributed by atoms with Gasteiger partial charge in [-0.3, -0.25) is 0 Å². The van der Waals surface area contributed by atoms with Gasteiger partial charge in [0, 0.05) is 53.9 Å². The monoisotopic (exact) mass is 602 g/mol. The first-order valence-electron chi connectivity index (χ1n) is 15.9. The number of hydrogen-bond acceptors (Lipinski definition) is 5. The number of nitrogens with one attached hydrogen (secondary N) is 1. The van der Waals surface area contributed by atoms with Crippen molar-refractivity contribution in [1.82, 2.24) is 0 Å². The highest BCUT2D eigenvalue weighted by molar-refractivity contribution is 5.97. The van der Waals surface area contributed by atoms with Crippen LogP contribution in [0.4, 0.5) is 17.1 Å². The van der Waals surface area contributed by atoms with Crippen molar-refractivity contribution >= 4 is 23.0 Å². The number of anilines is 3. The van der Waals surface area contributed by atoms with Crippen LogP contribution in [-0.2, 0) is 26.6 Å². The van der Waals surface area contributed by atoms with Crippen molar-refractivity contribution in [1.29, 1.82) is 0 Å². The lowest BCUT2D eigenvalue weighted by Crippen LogP contribution is -2.39. The van der Waals surface area contributed by atoms with Crippen molar-refractivity contribution in [2.24, 2.45) is 0 Å². The summed E-state index contributed by atoms with van der Waals surface area (Å²) in [4.78, 5) is 15.9. The number of carbonyl (C=O) groups excluding carboxylic acids is 1. The topological polar surface area (TPSA) is 50.8 Å². The summed E-state index contributed by atoms with van der Waals surface area (Å²) >= 11 is 0. The fourth-order valence-corrected chi connectivity index (χ4v) is 6.87. The van der Waals surface area contributed by atoms with Crippen molar-refractivity contribution < 1.29 is 14.3 Å². The molecule has 5 nitrogen and oxygen atoms in total. The maximum absolute atomic E-state index is 13.8. The average Bonchev–Trinajstić information content (AvgIpc) is 3.23. The van der Waals surface area contributed by atoms with Crippen LogP contribution in [0, 0.1) is 0 Å². The largest absolute Gasteiger partial charge is 0.456 e. The summed E-state index contributed by atoms with van der Waals surface area (Å²) in [6.07, 6.45) is 0. The van der Waals surface area contributed by atoms with Gasteiger partial charge in [-0.15, -0.1) is 0 Å². The van der Waals surface area contributed by atoms with E-state index in [2.05, 4.69) is 115 Å². The predicted octanol–water partition coefficient (Wildman–Crippen LogP) is 9.96. The zero-order valence-corrected chi connectivity index (χ0v) is 28.6. The lowest BCUT2D eigenvalue weighted by molar-refractivity contribution is 0.0217. The van der Waals surface area contributed by atoms with Crippen molar-refractivity contribution in [3.63, 3.8) is 0 Å². The SMILES string of the molecule is CN(C)c1ccc(Nc2ccc3c(c2)Oc2c(C(C)(C)C)cc(C(C)(C)C)c(C(C)(C)C)c2C32OC(=O)c3ccccc32)cc1. The van der Waals surface area contributed by atoms with Crippen LogP contribution in [0.15, 0.2) is 72.8 Å². The zero-order chi connectivity index (χ0) is 32.7. The summed E-state index contributed by atoms with van der Waals surface area (Å²) in [5, 5.41) is 3.55. The Morgan fingerprint density at radius 2 is 1.31 bits per heavy atom. The summed E-state index contributed by atoms with van der Waals surface area (Å²) in [6, 6.07) is 24.7. The molecule has 4 aromatic rings. The number of carbonyl (C=O) groups is 1. The zero-order valence-electron chi connectivity index (χ0n) is 28.6. The van der Waals surface area contributed by atoms with E-state index in [-0.39, 0.29) is 22.2 Å². The number of nitrogens with zero attached hydrogens (tertiary/aromatic N) is 1. The third-order valence-electron chi connectivity index (χ3n) is 9.02. The molecule has 45 heavy (non-hydrogen) atoms. The second-order valence-corrected chi connectivity index (χ2v) is 15.8. The Bertz CT molecular complexity index is 1810. The summed E-state index contributed by atoms with van der Waals surface area (Å²) in [7, 11) is 4.07. The Hall–Kier alpha value is -4.25. The molecule has 1 N–H and O–H groups in total. The number of hydrogen-bond donors (Lipinski definition) is 1. The Kier molecular flexibility index (Phi) is 6.93. The lowest BCUT2D eigenvalue weighted by Gasteiger charge is -2.44. The van der Waals surface area contributed by atoms with E-state index in [1.54, 1.807) is 0 Å². The number of esters is 1. The van der Waals surface area contributed by atoms with Crippen molar-refractivity contribution in [2.45, 2.75) is 84.2 Å². The molecule has 0 fully saturated rings. The average molecular weight is 603 g/mol. The van der Waals surface area contributed by atoms with E-state index in [4.69, 9.17) is 9.47 Å². The molecule has 0 saturated carbocycles. The van der Waals surface area contributed by atoms with Gasteiger partial charge in [-0.25, -0.2) is 4.79 Å². The molecule has 1 spiro atoms. The van der Waals surface area contributed by atoms with Gasteiger partial charge in [-0.05, 0) is 69.8 Å². The van der Waals surface area contributed by atoms with Crippen LogP contribution in [0.5, 0.6) is 11.5 Å². The van der Waals surface area contributed by atoms with E-state index in [0.29, 0.717) is 11.3 Å².